The van der Waals surface area contributed by atoms with E-state index in [1.165, 1.54) is 5.56 Å². The molecule has 138 valence electrons. The average Bonchev–Trinajstić information content (AvgIpc) is 3.05. The Bertz CT molecular complexity index is 745. The molecule has 26 heavy (non-hydrogen) atoms. The maximum absolute atomic E-state index is 6.07. The molecule has 1 atom stereocenters. The number of aryl methyl sites for hydroxylation is 2. The van der Waals surface area contributed by atoms with E-state index in [0.717, 1.165) is 62.0 Å². The van der Waals surface area contributed by atoms with Gasteiger partial charge in [-0.15, -0.1) is 0 Å². The summed E-state index contributed by atoms with van der Waals surface area (Å²) in [5.74, 6) is 1.57. The first-order valence-electron chi connectivity index (χ1n) is 9.42. The average molecular weight is 354 g/mol. The van der Waals surface area contributed by atoms with Crippen LogP contribution < -0.4 is 4.74 Å². The second-order valence-electron chi connectivity index (χ2n) is 7.22. The van der Waals surface area contributed by atoms with E-state index < -0.39 is 0 Å². The Kier molecular flexibility index (Phi) is 5.13. The first kappa shape index (κ1) is 17.4. The van der Waals surface area contributed by atoms with Crippen molar-refractivity contribution in [2.24, 2.45) is 0 Å². The summed E-state index contributed by atoms with van der Waals surface area (Å²) in [6.07, 6.45) is 5.36. The summed E-state index contributed by atoms with van der Waals surface area (Å²) in [4.78, 5) is 15.7. The Morgan fingerprint density at radius 3 is 2.81 bits per heavy atom. The van der Waals surface area contributed by atoms with Crippen LogP contribution in [-0.4, -0.2) is 51.7 Å². The molecule has 1 fully saturated rings. The van der Waals surface area contributed by atoms with Crippen LogP contribution in [0, 0.1) is 13.8 Å². The van der Waals surface area contributed by atoms with E-state index in [1.807, 2.05) is 38.2 Å². The van der Waals surface area contributed by atoms with Crippen molar-refractivity contribution in [2.45, 2.75) is 51.9 Å². The zero-order chi connectivity index (χ0) is 17.9. The number of pyridine rings is 1. The van der Waals surface area contributed by atoms with E-state index in [-0.39, 0.29) is 6.10 Å². The molecule has 2 aromatic rings. The van der Waals surface area contributed by atoms with Crippen LogP contribution in [0.25, 0.3) is 0 Å². The van der Waals surface area contributed by atoms with Crippen molar-refractivity contribution in [3.8, 4) is 5.88 Å². The van der Waals surface area contributed by atoms with Crippen molar-refractivity contribution in [3.05, 3.63) is 47.2 Å². The molecule has 2 aliphatic heterocycles. The highest BCUT2D eigenvalue weighted by Crippen LogP contribution is 2.29. The first-order chi connectivity index (χ1) is 12.7. The summed E-state index contributed by atoms with van der Waals surface area (Å²) in [6, 6.07) is 5.94. The van der Waals surface area contributed by atoms with Gasteiger partial charge < -0.3 is 9.47 Å². The molecule has 0 saturated carbocycles. The van der Waals surface area contributed by atoms with Gasteiger partial charge in [-0.3, -0.25) is 9.88 Å². The van der Waals surface area contributed by atoms with Crippen LogP contribution in [0.1, 0.15) is 35.6 Å². The smallest absolute Gasteiger partial charge is 0.220 e. The number of fused-ring (bicyclic) bond motifs is 1. The third-order valence-electron chi connectivity index (χ3n) is 5.19. The summed E-state index contributed by atoms with van der Waals surface area (Å²) in [7, 11) is 0. The van der Waals surface area contributed by atoms with E-state index >= 15 is 0 Å². The van der Waals surface area contributed by atoms with Gasteiger partial charge in [0.2, 0.25) is 5.88 Å². The van der Waals surface area contributed by atoms with Gasteiger partial charge in [-0.1, -0.05) is 6.07 Å². The monoisotopic (exact) mass is 354 g/mol. The summed E-state index contributed by atoms with van der Waals surface area (Å²) in [5, 5.41) is 0. The van der Waals surface area contributed by atoms with E-state index in [1.54, 1.807) is 0 Å². The summed E-state index contributed by atoms with van der Waals surface area (Å²) < 4.78 is 12.1. The van der Waals surface area contributed by atoms with E-state index in [0.29, 0.717) is 12.7 Å². The van der Waals surface area contributed by atoms with E-state index in [4.69, 9.17) is 9.47 Å². The molecule has 1 saturated heterocycles. The van der Waals surface area contributed by atoms with Crippen LogP contribution in [0.4, 0.5) is 0 Å². The minimum atomic E-state index is 0.186. The highest BCUT2D eigenvalue weighted by Gasteiger charge is 2.30. The molecule has 6 heteroatoms. The number of aromatic nitrogens is 3. The topological polar surface area (TPSA) is 60.4 Å². The zero-order valence-corrected chi connectivity index (χ0v) is 15.5. The Balaban J connectivity index is 1.23. The lowest BCUT2D eigenvalue weighted by molar-refractivity contribution is -0.00918. The standard InChI is InChI=1S/C20H26N4O2/c1-14-19-11-18(26-20(19)23-15(2)22-14)12-24-9-6-17(7-10-24)25-13-16-5-3-4-8-21-16/h3-5,8,17-18H,6-7,9-13H2,1-2H3. The lowest BCUT2D eigenvalue weighted by Gasteiger charge is -2.33. The number of piperidine rings is 1. The predicted molar refractivity (Wildman–Crippen MR) is 98.1 cm³/mol. The molecule has 1 unspecified atom stereocenters. The molecule has 0 bridgehead atoms. The molecular weight excluding hydrogens is 328 g/mol. The third kappa shape index (κ3) is 4.02. The summed E-state index contributed by atoms with van der Waals surface area (Å²) in [5.41, 5.74) is 3.23. The molecule has 0 N–H and O–H groups in total. The molecule has 0 amide bonds. The molecule has 6 nitrogen and oxygen atoms in total. The fourth-order valence-corrected chi connectivity index (χ4v) is 3.80. The number of ether oxygens (including phenoxy) is 2. The first-order valence-corrected chi connectivity index (χ1v) is 9.42. The van der Waals surface area contributed by atoms with Crippen LogP contribution >= 0.6 is 0 Å². The highest BCUT2D eigenvalue weighted by atomic mass is 16.5. The SMILES string of the molecule is Cc1nc(C)c2c(n1)OC(CN1CCC(OCc3ccccn3)CC1)C2. The predicted octanol–water partition coefficient (Wildman–Crippen LogP) is 2.47. The second kappa shape index (κ2) is 7.68. The molecule has 2 aliphatic rings. The second-order valence-corrected chi connectivity index (χ2v) is 7.22. The lowest BCUT2D eigenvalue weighted by Crippen LogP contribution is -2.42. The van der Waals surface area contributed by atoms with Crippen LogP contribution in [0.3, 0.4) is 0 Å². The summed E-state index contributed by atoms with van der Waals surface area (Å²) >= 11 is 0. The van der Waals surface area contributed by atoms with Crippen LogP contribution in [0.5, 0.6) is 5.88 Å². The maximum Gasteiger partial charge on any atom is 0.220 e. The van der Waals surface area contributed by atoms with Gasteiger partial charge in [-0.25, -0.2) is 4.98 Å². The van der Waals surface area contributed by atoms with Crippen molar-refractivity contribution in [1.82, 2.24) is 19.9 Å². The van der Waals surface area contributed by atoms with Crippen molar-refractivity contribution >= 4 is 0 Å². The molecule has 0 aromatic carbocycles. The van der Waals surface area contributed by atoms with E-state index in [2.05, 4.69) is 19.9 Å². The van der Waals surface area contributed by atoms with Gasteiger partial charge in [-0.05, 0) is 38.8 Å². The summed E-state index contributed by atoms with van der Waals surface area (Å²) in [6.45, 7) is 7.61. The Hall–Kier alpha value is -2.05. The molecule has 4 rings (SSSR count). The van der Waals surface area contributed by atoms with Crippen LogP contribution in [0.15, 0.2) is 24.4 Å². The van der Waals surface area contributed by atoms with Crippen LogP contribution in [0.2, 0.25) is 0 Å². The number of rotatable bonds is 5. The van der Waals surface area contributed by atoms with Crippen molar-refractivity contribution < 1.29 is 9.47 Å². The Morgan fingerprint density at radius 2 is 2.04 bits per heavy atom. The van der Waals surface area contributed by atoms with Gasteiger partial charge in [0.1, 0.15) is 11.9 Å². The third-order valence-corrected chi connectivity index (χ3v) is 5.19. The van der Waals surface area contributed by atoms with Crippen LogP contribution in [-0.2, 0) is 17.8 Å². The number of hydrogen-bond acceptors (Lipinski definition) is 6. The minimum Gasteiger partial charge on any atom is -0.472 e. The highest BCUT2D eigenvalue weighted by molar-refractivity contribution is 5.34. The molecule has 2 aromatic heterocycles. The van der Waals surface area contributed by atoms with Crippen molar-refractivity contribution in [2.75, 3.05) is 19.6 Å². The normalized spacial score (nSPS) is 20.8. The van der Waals surface area contributed by atoms with Gasteiger partial charge in [0.05, 0.1) is 18.4 Å². The number of hydrogen-bond donors (Lipinski definition) is 0. The van der Waals surface area contributed by atoms with E-state index in [9.17, 15) is 0 Å². The quantitative estimate of drug-likeness (QED) is 0.822. The Morgan fingerprint density at radius 1 is 1.19 bits per heavy atom. The van der Waals surface area contributed by atoms with Gasteiger partial charge in [0.25, 0.3) is 0 Å². The Labute approximate surface area is 154 Å². The molecular formula is C20H26N4O2. The largest absolute Gasteiger partial charge is 0.472 e. The maximum atomic E-state index is 6.07. The lowest BCUT2D eigenvalue weighted by atomic mass is 10.1. The van der Waals surface area contributed by atoms with Crippen molar-refractivity contribution in [3.63, 3.8) is 0 Å². The number of nitrogens with zero attached hydrogens (tertiary/aromatic N) is 4. The fourth-order valence-electron chi connectivity index (χ4n) is 3.80. The fraction of sp³-hybridized carbons (Fsp3) is 0.550. The molecule has 0 radical (unpaired) electrons. The molecule has 0 aliphatic carbocycles. The van der Waals surface area contributed by atoms with Crippen molar-refractivity contribution in [1.29, 1.82) is 0 Å². The minimum absolute atomic E-state index is 0.186. The molecule has 0 spiro atoms. The van der Waals surface area contributed by atoms with Gasteiger partial charge in [0.15, 0.2) is 0 Å². The van der Waals surface area contributed by atoms with Gasteiger partial charge in [0, 0.05) is 43.5 Å². The zero-order valence-electron chi connectivity index (χ0n) is 15.5. The number of likely N-dealkylation sites (tertiary alicyclic amines) is 1. The van der Waals surface area contributed by atoms with Gasteiger partial charge in [-0.2, -0.15) is 4.98 Å². The molecule has 4 heterocycles. The van der Waals surface area contributed by atoms with Gasteiger partial charge >= 0.3 is 0 Å².